The Morgan fingerprint density at radius 1 is 1.36 bits per heavy atom. The number of aromatic nitrogens is 1. The molecule has 1 unspecified atom stereocenters. The van der Waals surface area contributed by atoms with Crippen LogP contribution in [0, 0.1) is 0 Å². The lowest BCUT2D eigenvalue weighted by molar-refractivity contribution is 0.0937. The second kappa shape index (κ2) is 11.7. The highest BCUT2D eigenvalue weighted by Crippen LogP contribution is 2.25. The second-order valence-electron chi connectivity index (χ2n) is 5.38. The highest BCUT2D eigenvalue weighted by Gasteiger charge is 2.19. The highest BCUT2D eigenvalue weighted by molar-refractivity contribution is 7.09. The third-order valence-electron chi connectivity index (χ3n) is 3.49. The van der Waals surface area contributed by atoms with Crippen LogP contribution in [0.5, 0.6) is 0 Å². The van der Waals surface area contributed by atoms with Crippen molar-refractivity contribution in [2.75, 3.05) is 27.2 Å². The van der Waals surface area contributed by atoms with Gasteiger partial charge in [-0.2, -0.15) is 0 Å². The van der Waals surface area contributed by atoms with Crippen LogP contribution < -0.4 is 11.1 Å². The van der Waals surface area contributed by atoms with Crippen LogP contribution >= 0.6 is 47.8 Å². The predicted molar refractivity (Wildman–Crippen MR) is 110 cm³/mol. The van der Waals surface area contributed by atoms with Gasteiger partial charge in [-0.05, 0) is 32.3 Å². The van der Waals surface area contributed by atoms with Gasteiger partial charge in [-0.25, -0.2) is 4.98 Å². The van der Waals surface area contributed by atoms with Gasteiger partial charge in [0.2, 0.25) is 0 Å². The summed E-state index contributed by atoms with van der Waals surface area (Å²) in [5, 5.41) is 6.28. The molecule has 0 saturated heterocycles. The first-order chi connectivity index (χ1) is 11.0. The van der Waals surface area contributed by atoms with Crippen LogP contribution in [0.15, 0.2) is 29.6 Å². The van der Waals surface area contributed by atoms with Crippen molar-refractivity contribution in [1.29, 1.82) is 0 Å². The largest absolute Gasteiger partial charge is 0.349 e. The van der Waals surface area contributed by atoms with E-state index >= 15 is 0 Å². The number of nitrogens with two attached hydrogens (primary N) is 1. The zero-order valence-electron chi connectivity index (χ0n) is 14.1. The summed E-state index contributed by atoms with van der Waals surface area (Å²) in [4.78, 5) is 18.6. The van der Waals surface area contributed by atoms with Crippen molar-refractivity contribution >= 4 is 53.7 Å². The summed E-state index contributed by atoms with van der Waals surface area (Å²) >= 11 is 7.73. The van der Waals surface area contributed by atoms with E-state index < -0.39 is 0 Å². The van der Waals surface area contributed by atoms with E-state index in [-0.39, 0.29) is 36.8 Å². The third-order valence-corrected chi connectivity index (χ3v) is 4.74. The molecule has 1 amide bonds. The first-order valence-electron chi connectivity index (χ1n) is 7.36. The number of hydrogen-bond donors (Lipinski definition) is 2. The lowest BCUT2D eigenvalue weighted by Crippen LogP contribution is -2.34. The van der Waals surface area contributed by atoms with Gasteiger partial charge in [0.1, 0.15) is 5.69 Å². The van der Waals surface area contributed by atoms with E-state index in [0.717, 1.165) is 10.6 Å². The van der Waals surface area contributed by atoms with E-state index in [1.165, 1.54) is 11.3 Å². The van der Waals surface area contributed by atoms with Gasteiger partial charge in [-0.15, -0.1) is 36.2 Å². The summed E-state index contributed by atoms with van der Waals surface area (Å²) in [6, 6.07) is 7.66. The molecular formula is C16H23Cl3N4OS. The molecule has 0 radical (unpaired) electrons. The summed E-state index contributed by atoms with van der Waals surface area (Å²) in [7, 11) is 3.92. The van der Waals surface area contributed by atoms with Crippen LogP contribution in [-0.4, -0.2) is 43.0 Å². The van der Waals surface area contributed by atoms with E-state index in [4.69, 9.17) is 17.3 Å². The minimum atomic E-state index is -0.177. The van der Waals surface area contributed by atoms with Crippen molar-refractivity contribution in [3.8, 4) is 0 Å². The van der Waals surface area contributed by atoms with Gasteiger partial charge in [0.25, 0.3) is 5.91 Å². The SMILES string of the molecule is CN(C)C(CNC(=O)c1csc(CCN)n1)c1ccccc1Cl.Cl.Cl. The van der Waals surface area contributed by atoms with Crippen molar-refractivity contribution in [3.63, 3.8) is 0 Å². The van der Waals surface area contributed by atoms with Crippen LogP contribution in [-0.2, 0) is 6.42 Å². The van der Waals surface area contributed by atoms with Gasteiger partial charge in [0.15, 0.2) is 0 Å². The Bertz CT molecular complexity index is 666. The number of likely N-dealkylation sites (N-methyl/N-ethyl adjacent to an activating group) is 1. The Morgan fingerprint density at radius 3 is 2.64 bits per heavy atom. The molecule has 0 bridgehead atoms. The van der Waals surface area contributed by atoms with Gasteiger partial charge < -0.3 is 16.0 Å². The number of amides is 1. The van der Waals surface area contributed by atoms with Gasteiger partial charge in [-0.1, -0.05) is 29.8 Å². The van der Waals surface area contributed by atoms with Crippen LogP contribution in [0.1, 0.15) is 27.1 Å². The molecule has 0 aliphatic carbocycles. The summed E-state index contributed by atoms with van der Waals surface area (Å²) in [6.07, 6.45) is 0.692. The Labute approximate surface area is 169 Å². The van der Waals surface area contributed by atoms with E-state index in [1.807, 2.05) is 43.3 Å². The monoisotopic (exact) mass is 424 g/mol. The summed E-state index contributed by atoms with van der Waals surface area (Å²) < 4.78 is 0. The summed E-state index contributed by atoms with van der Waals surface area (Å²) in [6.45, 7) is 0.989. The number of carbonyl (C=O) groups is 1. The minimum Gasteiger partial charge on any atom is -0.349 e. The van der Waals surface area contributed by atoms with E-state index in [2.05, 4.69) is 10.3 Å². The highest BCUT2D eigenvalue weighted by atomic mass is 35.5. The summed E-state index contributed by atoms with van der Waals surface area (Å²) in [5.74, 6) is -0.177. The van der Waals surface area contributed by atoms with Crippen LogP contribution in [0.4, 0.5) is 0 Å². The number of benzene rings is 1. The standard InChI is InChI=1S/C16H21ClN4OS.2ClH/c1-21(2)14(11-5-3-4-6-12(11)17)9-19-16(22)13-10-23-15(20-13)7-8-18;;/h3-6,10,14H,7-9,18H2,1-2H3,(H,19,22);2*1H. The fourth-order valence-electron chi connectivity index (χ4n) is 2.25. The predicted octanol–water partition coefficient (Wildman–Crippen LogP) is 3.17. The van der Waals surface area contributed by atoms with Crippen molar-refractivity contribution in [3.05, 3.63) is 50.9 Å². The number of thiazole rings is 1. The molecule has 1 atom stereocenters. The summed E-state index contributed by atoms with van der Waals surface area (Å²) in [5.41, 5.74) is 6.93. The lowest BCUT2D eigenvalue weighted by atomic mass is 10.1. The first kappa shape index (κ1) is 24.1. The topological polar surface area (TPSA) is 71.2 Å². The Morgan fingerprint density at radius 2 is 2.04 bits per heavy atom. The molecule has 0 aliphatic rings. The molecule has 0 fully saturated rings. The maximum absolute atomic E-state index is 12.3. The molecule has 9 heteroatoms. The quantitative estimate of drug-likeness (QED) is 0.715. The van der Waals surface area contributed by atoms with Crippen LogP contribution in [0.3, 0.4) is 0 Å². The lowest BCUT2D eigenvalue weighted by Gasteiger charge is -2.25. The molecule has 0 spiro atoms. The molecule has 3 N–H and O–H groups in total. The smallest absolute Gasteiger partial charge is 0.270 e. The first-order valence-corrected chi connectivity index (χ1v) is 8.62. The zero-order valence-corrected chi connectivity index (χ0v) is 17.3. The molecule has 2 aromatic rings. The fraction of sp³-hybridized carbons (Fsp3) is 0.375. The molecule has 0 saturated carbocycles. The van der Waals surface area contributed by atoms with E-state index in [9.17, 15) is 4.79 Å². The van der Waals surface area contributed by atoms with Gasteiger partial charge in [0, 0.05) is 23.4 Å². The van der Waals surface area contributed by atoms with Gasteiger partial charge >= 0.3 is 0 Å². The van der Waals surface area contributed by atoms with Crippen LogP contribution in [0.25, 0.3) is 0 Å². The molecule has 140 valence electrons. The number of carbonyl (C=O) groups excluding carboxylic acids is 1. The van der Waals surface area contributed by atoms with Crippen molar-refractivity contribution in [2.24, 2.45) is 5.73 Å². The van der Waals surface area contributed by atoms with E-state index in [0.29, 0.717) is 30.2 Å². The average molecular weight is 426 g/mol. The number of hydrogen-bond acceptors (Lipinski definition) is 5. The van der Waals surface area contributed by atoms with Crippen molar-refractivity contribution < 1.29 is 4.79 Å². The number of halogens is 3. The minimum absolute atomic E-state index is 0. The maximum atomic E-state index is 12.3. The molecule has 1 aromatic carbocycles. The third kappa shape index (κ3) is 6.73. The van der Waals surface area contributed by atoms with E-state index in [1.54, 1.807) is 5.38 Å². The normalized spacial score (nSPS) is 11.4. The molecular weight excluding hydrogens is 403 g/mol. The van der Waals surface area contributed by atoms with Crippen molar-refractivity contribution in [2.45, 2.75) is 12.5 Å². The number of nitrogens with one attached hydrogen (secondary N) is 1. The van der Waals surface area contributed by atoms with Crippen LogP contribution in [0.2, 0.25) is 5.02 Å². The molecule has 1 aromatic heterocycles. The number of nitrogens with zero attached hydrogens (tertiary/aromatic N) is 2. The maximum Gasteiger partial charge on any atom is 0.270 e. The molecule has 2 rings (SSSR count). The Balaban J connectivity index is 0.00000288. The Hall–Kier alpha value is -0.890. The number of rotatable bonds is 7. The van der Waals surface area contributed by atoms with Gasteiger partial charge in [-0.3, -0.25) is 4.79 Å². The zero-order chi connectivity index (χ0) is 16.8. The second-order valence-corrected chi connectivity index (χ2v) is 6.73. The average Bonchev–Trinajstić information content (AvgIpc) is 2.98. The molecule has 5 nitrogen and oxygen atoms in total. The molecule has 1 heterocycles. The van der Waals surface area contributed by atoms with Crippen molar-refractivity contribution in [1.82, 2.24) is 15.2 Å². The fourth-order valence-corrected chi connectivity index (χ4v) is 3.31. The molecule has 25 heavy (non-hydrogen) atoms. The van der Waals surface area contributed by atoms with Gasteiger partial charge in [0.05, 0.1) is 11.0 Å². The molecule has 0 aliphatic heterocycles. The Kier molecular flexibility index (Phi) is 11.3.